The first kappa shape index (κ1) is 19.1. The van der Waals surface area contributed by atoms with E-state index in [0.29, 0.717) is 6.42 Å². The molecule has 1 aliphatic heterocycles. The van der Waals surface area contributed by atoms with Gasteiger partial charge in [-0.2, -0.15) is 0 Å². The van der Waals surface area contributed by atoms with Gasteiger partial charge >= 0.3 is 6.03 Å². The number of hydrogen-bond acceptors (Lipinski definition) is 5. The van der Waals surface area contributed by atoms with Crippen molar-refractivity contribution in [2.24, 2.45) is 5.92 Å². The van der Waals surface area contributed by atoms with E-state index in [9.17, 15) is 24.5 Å². The predicted octanol–water partition coefficient (Wildman–Crippen LogP) is 2.69. The molecule has 0 aromatic heterocycles. The van der Waals surface area contributed by atoms with Crippen LogP contribution < -0.4 is 10.6 Å². The topological polar surface area (TPSA) is 122 Å². The summed E-state index contributed by atoms with van der Waals surface area (Å²) < 4.78 is 0. The fourth-order valence-corrected chi connectivity index (χ4v) is 3.86. The number of nitrogens with one attached hydrogen (secondary N) is 2. The summed E-state index contributed by atoms with van der Waals surface area (Å²) in [5.41, 5.74) is -1.14. The molecule has 144 valence electrons. The summed E-state index contributed by atoms with van der Waals surface area (Å²) in [6.07, 6.45) is 3.21. The summed E-state index contributed by atoms with van der Waals surface area (Å²) in [5.74, 6) is -1.08. The Hall–Kier alpha value is -2.68. The molecule has 4 amide bonds. The second-order valence-electron chi connectivity index (χ2n) is 6.91. The molecule has 3 rings (SSSR count). The zero-order valence-corrected chi connectivity index (χ0v) is 15.4. The first-order chi connectivity index (χ1) is 12.7. The van der Waals surface area contributed by atoms with E-state index < -0.39 is 34.9 Å². The molecular weight excluding hydrogens is 376 g/mol. The summed E-state index contributed by atoms with van der Waals surface area (Å²) in [5, 5.41) is 16.2. The Labute approximate surface area is 160 Å². The van der Waals surface area contributed by atoms with Crippen molar-refractivity contribution in [1.29, 1.82) is 0 Å². The molecule has 9 nitrogen and oxygen atoms in total. The lowest BCUT2D eigenvalue weighted by Gasteiger charge is -2.36. The first-order valence-corrected chi connectivity index (χ1v) is 9.00. The van der Waals surface area contributed by atoms with Gasteiger partial charge in [0, 0.05) is 12.1 Å². The molecule has 1 aromatic carbocycles. The quantitative estimate of drug-likeness (QED) is 0.462. The molecule has 2 N–H and O–H groups in total. The highest BCUT2D eigenvalue weighted by Gasteiger charge is 2.55. The van der Waals surface area contributed by atoms with Gasteiger partial charge in [-0.3, -0.25) is 24.6 Å². The summed E-state index contributed by atoms with van der Waals surface area (Å²) in [4.78, 5) is 48.6. The van der Waals surface area contributed by atoms with Gasteiger partial charge in [-0.25, -0.2) is 4.79 Å². The molecule has 27 heavy (non-hydrogen) atoms. The number of carbonyl (C=O) groups is 3. The molecule has 1 saturated heterocycles. The van der Waals surface area contributed by atoms with Gasteiger partial charge in [0.2, 0.25) is 5.91 Å². The zero-order valence-electron chi connectivity index (χ0n) is 14.7. The molecule has 2 atom stereocenters. The zero-order chi connectivity index (χ0) is 19.8. The third-order valence-corrected chi connectivity index (χ3v) is 5.57. The van der Waals surface area contributed by atoms with Crippen molar-refractivity contribution >= 4 is 40.8 Å². The van der Waals surface area contributed by atoms with Gasteiger partial charge in [-0.15, -0.1) is 0 Å². The van der Waals surface area contributed by atoms with Crippen LogP contribution in [-0.4, -0.2) is 39.8 Å². The molecule has 10 heteroatoms. The highest BCUT2D eigenvalue weighted by molar-refractivity contribution is 6.33. The summed E-state index contributed by atoms with van der Waals surface area (Å²) in [6, 6.07) is 3.02. The van der Waals surface area contributed by atoms with Gasteiger partial charge < -0.3 is 10.6 Å². The van der Waals surface area contributed by atoms with Gasteiger partial charge in [0.05, 0.1) is 15.6 Å². The number of imide groups is 1. The number of non-ortho nitro benzene ring substituents is 1. The van der Waals surface area contributed by atoms with Crippen LogP contribution in [0.2, 0.25) is 5.02 Å². The third-order valence-electron chi connectivity index (χ3n) is 5.24. The largest absolute Gasteiger partial charge is 0.325 e. The van der Waals surface area contributed by atoms with Crippen LogP contribution in [0.25, 0.3) is 0 Å². The van der Waals surface area contributed by atoms with Crippen molar-refractivity contribution in [1.82, 2.24) is 10.2 Å². The Morgan fingerprint density at radius 2 is 2.19 bits per heavy atom. The van der Waals surface area contributed by atoms with E-state index >= 15 is 0 Å². The number of carbonyl (C=O) groups excluding carboxylic acids is 3. The first-order valence-electron chi connectivity index (χ1n) is 8.62. The van der Waals surface area contributed by atoms with E-state index in [0.717, 1.165) is 30.2 Å². The maximum absolute atomic E-state index is 12.8. The van der Waals surface area contributed by atoms with Crippen LogP contribution in [0, 0.1) is 16.0 Å². The number of urea groups is 1. The van der Waals surface area contributed by atoms with Crippen LogP contribution >= 0.6 is 11.6 Å². The molecular formula is C17H19ClN4O5. The van der Waals surface area contributed by atoms with Crippen molar-refractivity contribution in [2.75, 3.05) is 11.9 Å². The van der Waals surface area contributed by atoms with Crippen molar-refractivity contribution in [2.45, 2.75) is 38.1 Å². The number of halogens is 1. The maximum Gasteiger partial charge on any atom is 0.325 e. The van der Waals surface area contributed by atoms with Gasteiger partial charge in [-0.1, -0.05) is 31.4 Å². The maximum atomic E-state index is 12.8. The van der Waals surface area contributed by atoms with Crippen LogP contribution in [0.4, 0.5) is 16.2 Å². The smallest absolute Gasteiger partial charge is 0.323 e. The summed E-state index contributed by atoms with van der Waals surface area (Å²) in [7, 11) is 0. The molecule has 0 bridgehead atoms. The van der Waals surface area contributed by atoms with Crippen molar-refractivity contribution in [3.63, 3.8) is 0 Å². The van der Waals surface area contributed by atoms with E-state index in [1.165, 1.54) is 12.1 Å². The van der Waals surface area contributed by atoms with Crippen LogP contribution in [0.1, 0.15) is 32.6 Å². The van der Waals surface area contributed by atoms with Crippen LogP contribution in [-0.2, 0) is 9.59 Å². The van der Waals surface area contributed by atoms with Gasteiger partial charge in [0.1, 0.15) is 12.1 Å². The second-order valence-corrected chi connectivity index (χ2v) is 7.32. The number of benzene rings is 1. The third kappa shape index (κ3) is 3.46. The second kappa shape index (κ2) is 7.15. The minimum Gasteiger partial charge on any atom is -0.323 e. The number of anilines is 1. The Bertz CT molecular complexity index is 830. The average molecular weight is 395 g/mol. The Balaban J connectivity index is 1.73. The van der Waals surface area contributed by atoms with Gasteiger partial charge in [0.25, 0.3) is 11.6 Å². The predicted molar refractivity (Wildman–Crippen MR) is 97.3 cm³/mol. The standard InChI is InChI=1S/C17H19ClN4O5/c1-10-4-2-3-7-17(10)15(24)21(16(25)20-17)9-14(23)19-13-8-11(22(26)27)5-6-12(13)18/h5-6,8,10H,2-4,7,9H2,1H3,(H,19,23)(H,20,25). The fraction of sp³-hybridized carbons (Fsp3) is 0.471. The fourth-order valence-electron chi connectivity index (χ4n) is 3.69. The lowest BCUT2D eigenvalue weighted by atomic mass is 9.73. The Kier molecular flexibility index (Phi) is 5.05. The number of nitro groups is 1. The Morgan fingerprint density at radius 3 is 2.85 bits per heavy atom. The van der Waals surface area contributed by atoms with Crippen LogP contribution in [0.5, 0.6) is 0 Å². The van der Waals surface area contributed by atoms with E-state index in [1.807, 2.05) is 6.92 Å². The van der Waals surface area contributed by atoms with Crippen LogP contribution in [0.15, 0.2) is 18.2 Å². The number of nitrogens with zero attached hydrogens (tertiary/aromatic N) is 2. The highest BCUT2D eigenvalue weighted by atomic mass is 35.5. The van der Waals surface area contributed by atoms with E-state index in [-0.39, 0.29) is 22.3 Å². The molecule has 2 aliphatic rings. The van der Waals surface area contributed by atoms with E-state index in [1.54, 1.807) is 0 Å². The molecule has 1 aliphatic carbocycles. The highest BCUT2D eigenvalue weighted by Crippen LogP contribution is 2.38. The normalized spacial score (nSPS) is 24.8. The molecule has 2 unspecified atom stereocenters. The molecule has 1 spiro atoms. The van der Waals surface area contributed by atoms with Crippen molar-refractivity contribution in [3.8, 4) is 0 Å². The lowest BCUT2D eigenvalue weighted by Crippen LogP contribution is -2.54. The Morgan fingerprint density at radius 1 is 1.44 bits per heavy atom. The van der Waals surface area contributed by atoms with Crippen molar-refractivity contribution in [3.05, 3.63) is 33.3 Å². The van der Waals surface area contributed by atoms with E-state index in [4.69, 9.17) is 11.6 Å². The van der Waals surface area contributed by atoms with Gasteiger partial charge in [0.15, 0.2) is 0 Å². The number of hydrogen-bond donors (Lipinski definition) is 2. The minimum atomic E-state index is -0.946. The molecule has 1 heterocycles. The molecule has 1 saturated carbocycles. The number of amides is 4. The lowest BCUT2D eigenvalue weighted by molar-refractivity contribution is -0.384. The molecule has 1 aromatic rings. The van der Waals surface area contributed by atoms with Crippen LogP contribution in [0.3, 0.4) is 0 Å². The number of rotatable bonds is 4. The summed E-state index contributed by atoms with van der Waals surface area (Å²) >= 11 is 5.96. The monoisotopic (exact) mass is 394 g/mol. The van der Waals surface area contributed by atoms with Crippen molar-refractivity contribution < 1.29 is 19.3 Å². The number of nitro benzene ring substituents is 1. The minimum absolute atomic E-state index is 0.0121. The summed E-state index contributed by atoms with van der Waals surface area (Å²) in [6.45, 7) is 1.43. The van der Waals surface area contributed by atoms with Gasteiger partial charge in [-0.05, 0) is 24.8 Å². The SMILES string of the molecule is CC1CCCCC12NC(=O)N(CC(=O)Nc1cc([N+](=O)[O-])ccc1Cl)C2=O. The van der Waals surface area contributed by atoms with E-state index in [2.05, 4.69) is 10.6 Å². The average Bonchev–Trinajstić information content (AvgIpc) is 2.84. The molecule has 2 fully saturated rings. The molecule has 0 radical (unpaired) electrons.